The van der Waals surface area contributed by atoms with Crippen molar-refractivity contribution in [3.05, 3.63) is 36.6 Å². The zero-order valence-electron chi connectivity index (χ0n) is 21.3. The second kappa shape index (κ2) is 9.88. The second-order valence-electron chi connectivity index (χ2n) is 9.09. The molecule has 4 rings (SSSR count). The summed E-state index contributed by atoms with van der Waals surface area (Å²) in [6.45, 7) is 5.12. The maximum atomic E-state index is 13.2. The Kier molecular flexibility index (Phi) is 7.00. The van der Waals surface area contributed by atoms with Gasteiger partial charge in [0.05, 0.1) is 31.8 Å². The van der Waals surface area contributed by atoms with E-state index in [-0.39, 0.29) is 30.1 Å². The van der Waals surface area contributed by atoms with Crippen molar-refractivity contribution < 1.29 is 27.1 Å². The van der Waals surface area contributed by atoms with Crippen LogP contribution in [0.5, 0.6) is 11.5 Å². The Morgan fingerprint density at radius 1 is 1.22 bits per heavy atom. The molecule has 1 aliphatic rings. The first-order valence-corrected chi connectivity index (χ1v) is 13.3. The van der Waals surface area contributed by atoms with Crippen LogP contribution in [0.25, 0.3) is 17.3 Å². The summed E-state index contributed by atoms with van der Waals surface area (Å²) < 4.78 is 47.0. The molecule has 1 aliphatic heterocycles. The molecule has 12 nitrogen and oxygen atoms in total. The van der Waals surface area contributed by atoms with Crippen LogP contribution in [0.3, 0.4) is 0 Å². The Balaban J connectivity index is 1.71. The van der Waals surface area contributed by atoms with Crippen molar-refractivity contribution in [2.75, 3.05) is 31.2 Å². The number of aromatic nitrogens is 3. The van der Waals surface area contributed by atoms with Crippen molar-refractivity contribution in [3.8, 4) is 28.8 Å². The van der Waals surface area contributed by atoms with Gasteiger partial charge in [0.1, 0.15) is 17.2 Å². The third-order valence-electron chi connectivity index (χ3n) is 6.66. The van der Waals surface area contributed by atoms with Gasteiger partial charge in [-0.05, 0) is 44.5 Å². The number of anilines is 1. The molecule has 2 atom stereocenters. The fourth-order valence-corrected chi connectivity index (χ4v) is 5.53. The number of benzene rings is 1. The number of carbonyl (C=O) groups is 1. The van der Waals surface area contributed by atoms with Crippen LogP contribution in [0.15, 0.2) is 41.0 Å². The predicted molar refractivity (Wildman–Crippen MR) is 137 cm³/mol. The number of nitrogens with one attached hydrogen (secondary N) is 2. The summed E-state index contributed by atoms with van der Waals surface area (Å²) in [5, 5.41) is 16.4. The van der Waals surface area contributed by atoms with Crippen molar-refractivity contribution >= 4 is 27.6 Å². The van der Waals surface area contributed by atoms with Crippen LogP contribution in [0, 0.1) is 11.3 Å². The summed E-state index contributed by atoms with van der Waals surface area (Å²) in [5.74, 6) is 0.370. The van der Waals surface area contributed by atoms with Gasteiger partial charge in [-0.15, -0.1) is 10.2 Å². The average molecular weight is 531 g/mol. The molecule has 0 aliphatic carbocycles. The Morgan fingerprint density at radius 3 is 2.46 bits per heavy atom. The van der Waals surface area contributed by atoms with E-state index < -0.39 is 21.3 Å². The van der Waals surface area contributed by atoms with Gasteiger partial charge in [0.15, 0.2) is 5.76 Å². The normalized spacial score (nSPS) is 19.8. The maximum Gasteiger partial charge on any atom is 0.243 e. The number of carbonyl (C=O) groups excluding carboxylic acids is 1. The lowest BCUT2D eigenvalue weighted by Gasteiger charge is -2.34. The van der Waals surface area contributed by atoms with Crippen molar-refractivity contribution in [1.82, 2.24) is 19.7 Å². The van der Waals surface area contributed by atoms with E-state index in [1.54, 1.807) is 51.1 Å². The van der Waals surface area contributed by atoms with Gasteiger partial charge in [0.25, 0.3) is 0 Å². The summed E-state index contributed by atoms with van der Waals surface area (Å²) in [7, 11) is -1.05. The number of hydrogen-bond donors (Lipinski definition) is 2. The molecule has 0 bridgehead atoms. The highest BCUT2D eigenvalue weighted by Gasteiger charge is 2.47. The molecule has 0 radical (unpaired) electrons. The molecular formula is C24H30N6O6S. The van der Waals surface area contributed by atoms with Gasteiger partial charge in [-0.2, -0.15) is 0 Å². The van der Waals surface area contributed by atoms with Gasteiger partial charge in [-0.3, -0.25) is 14.1 Å². The number of rotatable bonds is 10. The Bertz CT molecular complexity index is 1400. The zero-order chi connectivity index (χ0) is 27.0. The number of nitrogens with zero attached hydrogens (tertiary/aromatic N) is 4. The van der Waals surface area contributed by atoms with E-state index in [1.807, 2.05) is 0 Å². The molecule has 37 heavy (non-hydrogen) atoms. The molecule has 1 aromatic carbocycles. The van der Waals surface area contributed by atoms with E-state index in [2.05, 4.69) is 14.9 Å². The first-order chi connectivity index (χ1) is 17.5. The average Bonchev–Trinajstić information content (AvgIpc) is 3.57. The van der Waals surface area contributed by atoms with Crippen molar-refractivity contribution in [2.24, 2.45) is 5.92 Å². The maximum absolute atomic E-state index is 13.2. The van der Waals surface area contributed by atoms with E-state index in [4.69, 9.17) is 19.3 Å². The van der Waals surface area contributed by atoms with Gasteiger partial charge >= 0.3 is 0 Å². The van der Waals surface area contributed by atoms with Crippen LogP contribution < -0.4 is 14.2 Å². The molecule has 0 saturated carbocycles. The number of furan rings is 1. The topological polar surface area (TPSA) is 153 Å². The predicted octanol–water partition coefficient (Wildman–Crippen LogP) is 2.95. The van der Waals surface area contributed by atoms with E-state index in [1.165, 1.54) is 29.9 Å². The van der Waals surface area contributed by atoms with Gasteiger partial charge in [-0.25, -0.2) is 8.42 Å². The van der Waals surface area contributed by atoms with Crippen molar-refractivity contribution in [1.29, 1.82) is 5.41 Å². The monoisotopic (exact) mass is 530 g/mol. The Labute approximate surface area is 215 Å². The number of sulfonamides is 1. The van der Waals surface area contributed by atoms with E-state index in [0.29, 0.717) is 35.1 Å². The number of ether oxygens (including phenoxy) is 2. The van der Waals surface area contributed by atoms with Gasteiger partial charge in [0, 0.05) is 18.2 Å². The van der Waals surface area contributed by atoms with Gasteiger partial charge < -0.3 is 24.2 Å². The summed E-state index contributed by atoms with van der Waals surface area (Å²) >= 11 is 0. The summed E-state index contributed by atoms with van der Waals surface area (Å²) in [4.78, 5) is 14.2. The second-order valence-corrected chi connectivity index (χ2v) is 10.9. The van der Waals surface area contributed by atoms with Crippen LogP contribution >= 0.6 is 0 Å². The third kappa shape index (κ3) is 4.78. The third-order valence-corrected chi connectivity index (χ3v) is 7.87. The molecule has 0 unspecified atom stereocenters. The number of likely N-dealkylation sites (tertiary alicyclic amines) is 1. The van der Waals surface area contributed by atoms with Crippen molar-refractivity contribution in [3.63, 3.8) is 0 Å². The molecule has 13 heteroatoms. The number of methoxy groups -OCH3 is 2. The SMILES string of the molecule is COc1cccc(OC)c1-n1c(NS(=O)(=O)CCN2C(=O)[C@H](C)C[C@@]2(C)C(C)=N)nnc1-c1ccco1. The molecule has 3 heterocycles. The lowest BCUT2D eigenvalue weighted by Crippen LogP contribution is -2.50. The smallest absolute Gasteiger partial charge is 0.243 e. The summed E-state index contributed by atoms with van der Waals surface area (Å²) in [6, 6.07) is 8.47. The molecule has 1 fully saturated rings. The molecule has 1 saturated heterocycles. The van der Waals surface area contributed by atoms with E-state index in [9.17, 15) is 13.2 Å². The van der Waals surface area contributed by atoms with Crippen LogP contribution in [0.4, 0.5) is 5.95 Å². The van der Waals surface area contributed by atoms with Crippen LogP contribution in [-0.4, -0.2) is 71.8 Å². The van der Waals surface area contributed by atoms with E-state index >= 15 is 0 Å². The first-order valence-electron chi connectivity index (χ1n) is 11.6. The minimum atomic E-state index is -4.01. The zero-order valence-corrected chi connectivity index (χ0v) is 22.1. The highest BCUT2D eigenvalue weighted by atomic mass is 32.2. The fraction of sp³-hybridized carbons (Fsp3) is 0.417. The Morgan fingerprint density at radius 2 is 1.89 bits per heavy atom. The number of hydrogen-bond acceptors (Lipinski definition) is 9. The molecule has 2 aromatic heterocycles. The Hall–Kier alpha value is -3.87. The highest BCUT2D eigenvalue weighted by molar-refractivity contribution is 7.92. The minimum Gasteiger partial charge on any atom is -0.494 e. The quantitative estimate of drug-likeness (QED) is 0.380. The first kappa shape index (κ1) is 26.2. The fourth-order valence-electron chi connectivity index (χ4n) is 4.60. The molecule has 1 amide bonds. The molecule has 198 valence electrons. The standard InChI is InChI=1S/C24H30N6O6S/c1-15-14-24(3,16(2)25)29(22(15)31)11-13-37(32,33)28-23-27-26-21(19-10-7-12-36-19)30(23)20-17(34-4)8-6-9-18(20)35-5/h6-10,12,15,25H,11,13-14H2,1-5H3,(H,27,28)/t15-,24+/m1/s1. The van der Waals surface area contributed by atoms with Crippen LogP contribution in [-0.2, 0) is 14.8 Å². The van der Waals surface area contributed by atoms with Crippen LogP contribution in [0.2, 0.25) is 0 Å². The number of amides is 1. The lowest BCUT2D eigenvalue weighted by atomic mass is 9.90. The summed E-state index contributed by atoms with van der Waals surface area (Å²) in [5.41, 5.74) is -0.151. The minimum absolute atomic E-state index is 0.0810. The number of para-hydroxylation sites is 1. The highest BCUT2D eigenvalue weighted by Crippen LogP contribution is 2.38. The molecular weight excluding hydrogens is 500 g/mol. The molecule has 3 aromatic rings. The van der Waals surface area contributed by atoms with Crippen molar-refractivity contribution in [2.45, 2.75) is 32.7 Å². The largest absolute Gasteiger partial charge is 0.494 e. The van der Waals surface area contributed by atoms with Gasteiger partial charge in [0.2, 0.25) is 27.7 Å². The van der Waals surface area contributed by atoms with Gasteiger partial charge in [-0.1, -0.05) is 13.0 Å². The van der Waals surface area contributed by atoms with Crippen LogP contribution in [0.1, 0.15) is 27.2 Å². The molecule has 2 N–H and O–H groups in total. The molecule has 0 spiro atoms. The summed E-state index contributed by atoms with van der Waals surface area (Å²) in [6.07, 6.45) is 1.93. The van der Waals surface area contributed by atoms with E-state index in [0.717, 1.165) is 0 Å². The lowest BCUT2D eigenvalue weighted by molar-refractivity contribution is -0.131.